The third-order valence-corrected chi connectivity index (χ3v) is 2.18. The van der Waals surface area contributed by atoms with Crippen molar-refractivity contribution in [3.8, 4) is 0 Å². The van der Waals surface area contributed by atoms with E-state index in [4.69, 9.17) is 9.84 Å². The van der Waals surface area contributed by atoms with Gasteiger partial charge in [0, 0.05) is 26.3 Å². The third kappa shape index (κ3) is 7.30. The van der Waals surface area contributed by atoms with Crippen LogP contribution in [0.25, 0.3) is 0 Å². The van der Waals surface area contributed by atoms with Gasteiger partial charge in [0.25, 0.3) is 0 Å². The predicted molar refractivity (Wildman–Crippen MR) is 59.4 cm³/mol. The quantitative estimate of drug-likeness (QED) is 0.624. The maximum Gasteiger partial charge on any atom is 0.0584 e. The van der Waals surface area contributed by atoms with Crippen molar-refractivity contribution in [2.75, 3.05) is 26.9 Å². The van der Waals surface area contributed by atoms with Crippen LogP contribution >= 0.6 is 0 Å². The molecular formula is C11H25NO2. The van der Waals surface area contributed by atoms with Crippen molar-refractivity contribution in [1.82, 2.24) is 5.32 Å². The average Bonchev–Trinajstić information content (AvgIpc) is 2.12. The summed E-state index contributed by atoms with van der Waals surface area (Å²) in [7, 11) is 1.72. The van der Waals surface area contributed by atoms with Crippen LogP contribution in [0.15, 0.2) is 0 Å². The van der Waals surface area contributed by atoms with Crippen molar-refractivity contribution < 1.29 is 9.84 Å². The summed E-state index contributed by atoms with van der Waals surface area (Å²) in [5.41, 5.74) is 0. The number of hydrogen-bond acceptors (Lipinski definition) is 3. The zero-order valence-electron chi connectivity index (χ0n) is 9.92. The van der Waals surface area contributed by atoms with Crippen LogP contribution in [0.5, 0.6) is 0 Å². The minimum Gasteiger partial charge on any atom is -0.395 e. The van der Waals surface area contributed by atoms with Gasteiger partial charge in [-0.05, 0) is 18.3 Å². The number of rotatable bonds is 8. The van der Waals surface area contributed by atoms with Gasteiger partial charge >= 0.3 is 0 Å². The number of nitrogens with one attached hydrogen (secondary N) is 1. The van der Waals surface area contributed by atoms with E-state index in [9.17, 15) is 0 Å². The standard InChI is InChI=1S/C11H25NO2/c1-9(2)5-11(7-13)12-6-10(3)8-14-4/h9-13H,5-8H2,1-4H3. The molecule has 0 fully saturated rings. The van der Waals surface area contributed by atoms with Crippen molar-refractivity contribution in [3.05, 3.63) is 0 Å². The zero-order valence-corrected chi connectivity index (χ0v) is 9.92. The normalized spacial score (nSPS) is 15.9. The molecule has 0 aliphatic heterocycles. The van der Waals surface area contributed by atoms with E-state index in [-0.39, 0.29) is 12.6 Å². The molecule has 0 aromatic carbocycles. The monoisotopic (exact) mass is 203 g/mol. The van der Waals surface area contributed by atoms with E-state index in [1.165, 1.54) is 0 Å². The highest BCUT2D eigenvalue weighted by Crippen LogP contribution is 2.04. The Balaban J connectivity index is 3.60. The highest BCUT2D eigenvalue weighted by Gasteiger charge is 2.10. The van der Waals surface area contributed by atoms with Crippen LogP contribution in [0.1, 0.15) is 27.2 Å². The van der Waals surface area contributed by atoms with Crippen LogP contribution in [0.3, 0.4) is 0 Å². The molecule has 3 heteroatoms. The Morgan fingerprint density at radius 3 is 2.36 bits per heavy atom. The highest BCUT2D eigenvalue weighted by atomic mass is 16.5. The molecule has 0 aliphatic carbocycles. The van der Waals surface area contributed by atoms with Crippen molar-refractivity contribution >= 4 is 0 Å². The Labute approximate surface area is 87.8 Å². The highest BCUT2D eigenvalue weighted by molar-refractivity contribution is 4.68. The fourth-order valence-corrected chi connectivity index (χ4v) is 1.50. The summed E-state index contributed by atoms with van der Waals surface area (Å²) in [4.78, 5) is 0. The van der Waals surface area contributed by atoms with Gasteiger partial charge in [-0.3, -0.25) is 0 Å². The molecule has 0 spiro atoms. The van der Waals surface area contributed by atoms with E-state index in [0.717, 1.165) is 19.6 Å². The third-order valence-electron chi connectivity index (χ3n) is 2.18. The first-order chi connectivity index (χ1) is 6.60. The average molecular weight is 203 g/mol. The van der Waals surface area contributed by atoms with Crippen LogP contribution in [-0.4, -0.2) is 38.0 Å². The number of aliphatic hydroxyl groups excluding tert-OH is 1. The smallest absolute Gasteiger partial charge is 0.0584 e. The first kappa shape index (κ1) is 13.9. The molecule has 0 bridgehead atoms. The summed E-state index contributed by atoms with van der Waals surface area (Å²) >= 11 is 0. The Bertz CT molecular complexity index is 128. The summed E-state index contributed by atoms with van der Waals surface area (Å²) in [5.74, 6) is 1.12. The van der Waals surface area contributed by atoms with Crippen LogP contribution in [0.4, 0.5) is 0 Å². The summed E-state index contributed by atoms with van der Waals surface area (Å²) in [5, 5.41) is 12.5. The molecule has 3 nitrogen and oxygen atoms in total. The van der Waals surface area contributed by atoms with E-state index < -0.39 is 0 Å². The van der Waals surface area contributed by atoms with Gasteiger partial charge in [0.05, 0.1) is 6.61 Å². The maximum absolute atomic E-state index is 9.12. The number of methoxy groups -OCH3 is 1. The second-order valence-corrected chi connectivity index (χ2v) is 4.48. The second-order valence-electron chi connectivity index (χ2n) is 4.48. The zero-order chi connectivity index (χ0) is 11.0. The van der Waals surface area contributed by atoms with E-state index >= 15 is 0 Å². The van der Waals surface area contributed by atoms with Gasteiger partial charge in [-0.25, -0.2) is 0 Å². The second kappa shape index (κ2) is 8.21. The van der Waals surface area contributed by atoms with Crippen LogP contribution < -0.4 is 5.32 Å². The van der Waals surface area contributed by atoms with E-state index in [2.05, 4.69) is 26.1 Å². The van der Waals surface area contributed by atoms with Crippen molar-refractivity contribution in [1.29, 1.82) is 0 Å². The summed E-state index contributed by atoms with van der Waals surface area (Å²) < 4.78 is 5.05. The molecule has 0 aromatic rings. The van der Waals surface area contributed by atoms with Crippen molar-refractivity contribution in [2.24, 2.45) is 11.8 Å². The molecule has 2 unspecified atom stereocenters. The molecule has 86 valence electrons. The number of ether oxygens (including phenoxy) is 1. The van der Waals surface area contributed by atoms with Crippen LogP contribution in [0, 0.1) is 11.8 Å². The minimum atomic E-state index is 0.220. The molecule has 0 aliphatic rings. The molecule has 0 rings (SSSR count). The fourth-order valence-electron chi connectivity index (χ4n) is 1.50. The van der Waals surface area contributed by atoms with Gasteiger partial charge in [-0.15, -0.1) is 0 Å². The molecule has 0 heterocycles. The Kier molecular flexibility index (Phi) is 8.14. The number of aliphatic hydroxyl groups is 1. The summed E-state index contributed by atoms with van der Waals surface area (Å²) in [6.45, 7) is 8.38. The van der Waals surface area contributed by atoms with Gasteiger partial charge in [0.2, 0.25) is 0 Å². The minimum absolute atomic E-state index is 0.220. The lowest BCUT2D eigenvalue weighted by Gasteiger charge is -2.20. The van der Waals surface area contributed by atoms with Gasteiger partial charge < -0.3 is 15.2 Å². The van der Waals surface area contributed by atoms with Gasteiger partial charge in [0.15, 0.2) is 0 Å². The van der Waals surface area contributed by atoms with Crippen LogP contribution in [0.2, 0.25) is 0 Å². The van der Waals surface area contributed by atoms with Crippen LogP contribution in [-0.2, 0) is 4.74 Å². The lowest BCUT2D eigenvalue weighted by molar-refractivity contribution is 0.150. The van der Waals surface area contributed by atoms with Gasteiger partial charge in [-0.1, -0.05) is 20.8 Å². The summed E-state index contributed by atoms with van der Waals surface area (Å²) in [6.07, 6.45) is 1.02. The Morgan fingerprint density at radius 1 is 1.29 bits per heavy atom. The van der Waals surface area contributed by atoms with Gasteiger partial charge in [-0.2, -0.15) is 0 Å². The molecule has 0 amide bonds. The summed E-state index contributed by atoms with van der Waals surface area (Å²) in [6, 6.07) is 0.231. The molecule has 0 saturated carbocycles. The molecule has 0 radical (unpaired) electrons. The van der Waals surface area contributed by atoms with E-state index in [1.807, 2.05) is 0 Å². The maximum atomic E-state index is 9.12. The lowest BCUT2D eigenvalue weighted by atomic mass is 10.0. The first-order valence-corrected chi connectivity index (χ1v) is 5.43. The molecule has 2 N–H and O–H groups in total. The lowest BCUT2D eigenvalue weighted by Crippen LogP contribution is -2.37. The number of hydrogen-bond donors (Lipinski definition) is 2. The fraction of sp³-hybridized carbons (Fsp3) is 1.00. The molecule has 0 aromatic heterocycles. The Morgan fingerprint density at radius 2 is 1.93 bits per heavy atom. The SMILES string of the molecule is COCC(C)CNC(CO)CC(C)C. The predicted octanol–water partition coefficient (Wildman–Crippen LogP) is 1.27. The van der Waals surface area contributed by atoms with Crippen molar-refractivity contribution in [2.45, 2.75) is 33.2 Å². The van der Waals surface area contributed by atoms with E-state index in [0.29, 0.717) is 11.8 Å². The largest absolute Gasteiger partial charge is 0.395 e. The van der Waals surface area contributed by atoms with Gasteiger partial charge in [0.1, 0.15) is 0 Å². The molecule has 14 heavy (non-hydrogen) atoms. The first-order valence-electron chi connectivity index (χ1n) is 5.43. The Hall–Kier alpha value is -0.120. The van der Waals surface area contributed by atoms with Crippen molar-refractivity contribution in [3.63, 3.8) is 0 Å². The molecule has 2 atom stereocenters. The topological polar surface area (TPSA) is 41.5 Å². The van der Waals surface area contributed by atoms with E-state index in [1.54, 1.807) is 7.11 Å². The molecule has 0 saturated heterocycles. The molecular weight excluding hydrogens is 178 g/mol.